The van der Waals surface area contributed by atoms with Crippen LogP contribution in [0.5, 0.6) is 5.75 Å². The molecule has 0 aromatic heterocycles. The molecule has 0 radical (unpaired) electrons. The van der Waals surface area contributed by atoms with Crippen LogP contribution in [0.2, 0.25) is 5.02 Å². The van der Waals surface area contributed by atoms with Crippen LogP contribution >= 0.6 is 11.6 Å². The molecule has 1 aromatic carbocycles. The molecule has 12 heteroatoms. The maximum atomic E-state index is 13.4. The number of benzene rings is 1. The molecule has 0 amide bonds. The molecular formula is C16H15ClF3NO7. The molecule has 0 aliphatic carbocycles. The number of carbonyl (C=O) groups is 1. The second-order valence-corrected chi connectivity index (χ2v) is 6.02. The molecule has 28 heavy (non-hydrogen) atoms. The van der Waals surface area contributed by atoms with Gasteiger partial charge in [-0.1, -0.05) is 11.6 Å². The number of alkyl halides is 3. The van der Waals surface area contributed by atoms with Gasteiger partial charge < -0.3 is 19.0 Å². The summed E-state index contributed by atoms with van der Waals surface area (Å²) in [5.41, 5.74) is -0.102. The van der Waals surface area contributed by atoms with E-state index < -0.39 is 28.9 Å². The lowest BCUT2D eigenvalue weighted by Gasteiger charge is -2.29. The molecule has 0 fully saturated rings. The van der Waals surface area contributed by atoms with Gasteiger partial charge in [0.15, 0.2) is 0 Å². The second-order valence-electron chi connectivity index (χ2n) is 5.59. The van der Waals surface area contributed by atoms with Crippen LogP contribution in [0.15, 0.2) is 17.7 Å². The summed E-state index contributed by atoms with van der Waals surface area (Å²) in [5, 5.41) is 9.21. The highest BCUT2D eigenvalue weighted by molar-refractivity contribution is 6.30. The zero-order chi connectivity index (χ0) is 20.9. The number of carbonyl (C=O) groups excluding carboxylic acids is 1. The third-order valence-corrected chi connectivity index (χ3v) is 3.73. The third-order valence-electron chi connectivity index (χ3n) is 3.52. The summed E-state index contributed by atoms with van der Waals surface area (Å²) in [4.78, 5) is 26.1. The zero-order valence-corrected chi connectivity index (χ0v) is 15.2. The lowest BCUT2D eigenvalue weighted by Crippen LogP contribution is -2.41. The van der Waals surface area contributed by atoms with Gasteiger partial charge in [-0.25, -0.2) is 4.79 Å². The first-order valence-electron chi connectivity index (χ1n) is 7.87. The second kappa shape index (κ2) is 9.11. The number of aryl methyl sites for hydroxylation is 1. The minimum Gasteiger partial charge on any atom is -0.475 e. The standard InChI is InChI=1S/C16H15ClF3NO7/c1-9-6-11(17)7-10-8-12(14(16(18,19)20)28-13(9)10)15(22)26-4-2-25-3-5-27-21(23)24/h6-8,14H,2-5H2,1H3. The van der Waals surface area contributed by atoms with Crippen molar-refractivity contribution >= 4 is 23.6 Å². The summed E-state index contributed by atoms with van der Waals surface area (Å²) in [6, 6.07) is 2.83. The van der Waals surface area contributed by atoms with Crippen molar-refractivity contribution in [3.8, 4) is 5.75 Å². The average Bonchev–Trinajstić information content (AvgIpc) is 2.58. The van der Waals surface area contributed by atoms with Gasteiger partial charge in [0.1, 0.15) is 19.0 Å². The van der Waals surface area contributed by atoms with Crippen molar-refractivity contribution < 1.29 is 42.1 Å². The minimum absolute atomic E-state index is 0.0163. The van der Waals surface area contributed by atoms with E-state index in [1.54, 1.807) is 0 Å². The highest BCUT2D eigenvalue weighted by atomic mass is 35.5. The first-order chi connectivity index (χ1) is 13.1. The maximum Gasteiger partial charge on any atom is 0.430 e. The Morgan fingerprint density at radius 3 is 2.61 bits per heavy atom. The van der Waals surface area contributed by atoms with Gasteiger partial charge in [-0.2, -0.15) is 13.2 Å². The van der Waals surface area contributed by atoms with Crippen LogP contribution in [0.1, 0.15) is 11.1 Å². The topological polar surface area (TPSA) is 97.1 Å². The number of halogens is 4. The Labute approximate surface area is 161 Å². The average molecular weight is 426 g/mol. The summed E-state index contributed by atoms with van der Waals surface area (Å²) in [7, 11) is 0. The fraction of sp³-hybridized carbons (Fsp3) is 0.438. The van der Waals surface area contributed by atoms with Crippen molar-refractivity contribution in [1.29, 1.82) is 0 Å². The largest absolute Gasteiger partial charge is 0.475 e. The molecular weight excluding hydrogens is 411 g/mol. The Morgan fingerprint density at radius 1 is 1.29 bits per heavy atom. The van der Waals surface area contributed by atoms with Crippen LogP contribution in [0.3, 0.4) is 0 Å². The van der Waals surface area contributed by atoms with E-state index in [2.05, 4.69) is 4.84 Å². The zero-order valence-electron chi connectivity index (χ0n) is 14.5. The Morgan fingerprint density at radius 2 is 1.96 bits per heavy atom. The quantitative estimate of drug-likeness (QED) is 0.273. The summed E-state index contributed by atoms with van der Waals surface area (Å²) in [5.74, 6) is -1.24. The number of nitrogens with zero attached hydrogens (tertiary/aromatic N) is 1. The van der Waals surface area contributed by atoms with E-state index in [0.29, 0.717) is 5.56 Å². The number of rotatable bonds is 8. The van der Waals surface area contributed by atoms with Crippen molar-refractivity contribution in [3.63, 3.8) is 0 Å². The Balaban J connectivity index is 2.04. The van der Waals surface area contributed by atoms with Crippen molar-refractivity contribution in [1.82, 2.24) is 0 Å². The minimum atomic E-state index is -4.84. The van der Waals surface area contributed by atoms with Gasteiger partial charge in [0, 0.05) is 10.6 Å². The molecule has 0 saturated heterocycles. The van der Waals surface area contributed by atoms with Crippen LogP contribution in [0.25, 0.3) is 6.08 Å². The molecule has 1 heterocycles. The summed E-state index contributed by atoms with van der Waals surface area (Å²) >= 11 is 5.91. The SMILES string of the molecule is Cc1cc(Cl)cc2c1OC(C(F)(F)F)C(C(=O)OCCOCCO[N+](=O)[O-])=C2. The van der Waals surface area contributed by atoms with Crippen LogP contribution < -0.4 is 4.74 Å². The molecule has 1 aliphatic rings. The van der Waals surface area contributed by atoms with Gasteiger partial charge >= 0.3 is 12.1 Å². The smallest absolute Gasteiger partial charge is 0.430 e. The number of ether oxygens (including phenoxy) is 3. The van der Waals surface area contributed by atoms with Crippen molar-refractivity contribution in [2.24, 2.45) is 0 Å². The highest BCUT2D eigenvalue weighted by Gasteiger charge is 2.49. The van der Waals surface area contributed by atoms with Crippen LogP contribution in [-0.2, 0) is 19.1 Å². The fourth-order valence-electron chi connectivity index (χ4n) is 2.41. The van der Waals surface area contributed by atoms with Gasteiger partial charge in [-0.15, -0.1) is 10.1 Å². The predicted molar refractivity (Wildman–Crippen MR) is 89.4 cm³/mol. The first-order valence-corrected chi connectivity index (χ1v) is 8.24. The van der Waals surface area contributed by atoms with Crippen molar-refractivity contribution in [3.05, 3.63) is 44.0 Å². The molecule has 154 valence electrons. The van der Waals surface area contributed by atoms with Gasteiger partial charge in [0.25, 0.3) is 5.09 Å². The maximum absolute atomic E-state index is 13.4. The van der Waals surface area contributed by atoms with E-state index in [1.165, 1.54) is 19.1 Å². The number of hydrogen-bond donors (Lipinski definition) is 0. The summed E-state index contributed by atoms with van der Waals surface area (Å²) in [6.07, 6.45) is -6.29. The molecule has 1 unspecified atom stereocenters. The normalized spacial score (nSPS) is 15.9. The van der Waals surface area contributed by atoms with Crippen molar-refractivity contribution in [2.75, 3.05) is 26.4 Å². The molecule has 1 atom stereocenters. The molecule has 1 aliphatic heterocycles. The van der Waals surface area contributed by atoms with Gasteiger partial charge in [0.05, 0.1) is 18.8 Å². The lowest BCUT2D eigenvalue weighted by molar-refractivity contribution is -0.758. The van der Waals surface area contributed by atoms with E-state index in [4.69, 9.17) is 25.8 Å². The van der Waals surface area contributed by atoms with Crippen LogP contribution in [-0.4, -0.2) is 49.8 Å². The Bertz CT molecular complexity index is 782. The fourth-order valence-corrected chi connectivity index (χ4v) is 2.69. The van der Waals surface area contributed by atoms with E-state index >= 15 is 0 Å². The van der Waals surface area contributed by atoms with Crippen LogP contribution in [0, 0.1) is 17.0 Å². The highest BCUT2D eigenvalue weighted by Crippen LogP contribution is 2.40. The number of fused-ring (bicyclic) bond motifs is 1. The van der Waals surface area contributed by atoms with E-state index in [1.807, 2.05) is 0 Å². The molecule has 1 aromatic rings. The summed E-state index contributed by atoms with van der Waals surface area (Å²) in [6.45, 7) is 0.517. The predicted octanol–water partition coefficient (Wildman–Crippen LogP) is 3.12. The van der Waals surface area contributed by atoms with Crippen molar-refractivity contribution in [2.45, 2.75) is 19.2 Å². The number of hydrogen-bond acceptors (Lipinski definition) is 7. The van der Waals surface area contributed by atoms with E-state index in [9.17, 15) is 28.1 Å². The van der Waals surface area contributed by atoms with Crippen LogP contribution in [0.4, 0.5) is 13.2 Å². The molecule has 0 spiro atoms. The molecule has 0 bridgehead atoms. The van der Waals surface area contributed by atoms with Gasteiger partial charge in [0.2, 0.25) is 6.10 Å². The monoisotopic (exact) mass is 425 g/mol. The lowest BCUT2D eigenvalue weighted by atomic mass is 9.99. The van der Waals surface area contributed by atoms with E-state index in [-0.39, 0.29) is 42.8 Å². The van der Waals surface area contributed by atoms with E-state index in [0.717, 1.165) is 6.08 Å². The molecule has 0 saturated carbocycles. The first kappa shape index (κ1) is 21.8. The molecule has 0 N–H and O–H groups in total. The third kappa shape index (κ3) is 5.73. The summed E-state index contributed by atoms with van der Waals surface area (Å²) < 4.78 is 54.8. The Hall–Kier alpha value is -2.53. The molecule has 8 nitrogen and oxygen atoms in total. The molecule has 2 rings (SSSR count). The van der Waals surface area contributed by atoms with Gasteiger partial charge in [-0.3, -0.25) is 0 Å². The number of esters is 1. The Kier molecular flexibility index (Phi) is 7.08. The van der Waals surface area contributed by atoms with Gasteiger partial charge in [-0.05, 0) is 30.7 Å².